The molecule has 0 spiro atoms. The van der Waals surface area contributed by atoms with Crippen LogP contribution in [0.15, 0.2) is 35.3 Å². The van der Waals surface area contributed by atoms with Gasteiger partial charge < -0.3 is 20.0 Å². The van der Waals surface area contributed by atoms with Crippen LogP contribution in [-0.2, 0) is 11.2 Å². The molecule has 0 saturated carbocycles. The average Bonchev–Trinajstić information content (AvgIpc) is 3.41. The number of rotatable bonds is 4. The van der Waals surface area contributed by atoms with Crippen molar-refractivity contribution < 1.29 is 9.63 Å². The highest BCUT2D eigenvalue weighted by Crippen LogP contribution is 2.32. The van der Waals surface area contributed by atoms with Crippen molar-refractivity contribution >= 4 is 39.1 Å². The minimum atomic E-state index is -0.0627. The zero-order valence-electron chi connectivity index (χ0n) is 16.7. The van der Waals surface area contributed by atoms with E-state index in [2.05, 4.69) is 33.5 Å². The van der Waals surface area contributed by atoms with E-state index in [1.165, 1.54) is 20.3 Å². The number of fused-ring (bicyclic) bond motifs is 2. The number of anilines is 1. The summed E-state index contributed by atoms with van der Waals surface area (Å²) in [5, 5.41) is 12.6. The molecule has 0 aliphatic carbocycles. The maximum absolute atomic E-state index is 12.6. The first-order valence-electron chi connectivity index (χ1n) is 10.1. The molecule has 30 heavy (non-hydrogen) atoms. The molecule has 0 unspecified atom stereocenters. The van der Waals surface area contributed by atoms with Crippen molar-refractivity contribution in [1.82, 2.24) is 25.0 Å². The minimum absolute atomic E-state index is 0.0500. The summed E-state index contributed by atoms with van der Waals surface area (Å²) < 4.78 is 0. The summed E-state index contributed by atoms with van der Waals surface area (Å²) in [6, 6.07) is 9.73. The fourth-order valence-corrected chi connectivity index (χ4v) is 4.75. The lowest BCUT2D eigenvalue weighted by atomic mass is 10.2. The molecule has 1 fully saturated rings. The van der Waals surface area contributed by atoms with Crippen molar-refractivity contribution in [2.75, 3.05) is 44.8 Å². The third kappa shape index (κ3) is 3.47. The number of nitrogens with one attached hydrogen (secondary N) is 1. The third-order valence-electron chi connectivity index (χ3n) is 5.40. The Morgan fingerprint density at radius 1 is 1.23 bits per heavy atom. The molecule has 1 saturated heterocycles. The molecule has 0 bridgehead atoms. The number of piperazine rings is 1. The van der Waals surface area contributed by atoms with Gasteiger partial charge in [0.1, 0.15) is 28.5 Å². The summed E-state index contributed by atoms with van der Waals surface area (Å²) in [6.45, 7) is 5.52. The molecule has 0 radical (unpaired) electrons. The second kappa shape index (κ2) is 7.94. The van der Waals surface area contributed by atoms with Crippen molar-refractivity contribution in [3.63, 3.8) is 0 Å². The molecule has 1 amide bonds. The topological polar surface area (TPSA) is 87.9 Å². The smallest absolute Gasteiger partial charge is 0.263 e. The van der Waals surface area contributed by atoms with Crippen molar-refractivity contribution in [3.8, 4) is 0 Å². The number of nitrogens with zero attached hydrogens (tertiary/aromatic N) is 6. The Balaban J connectivity index is 1.18. The van der Waals surface area contributed by atoms with Gasteiger partial charge in [-0.1, -0.05) is 23.9 Å². The number of carbonyl (C=O) groups is 1. The first-order valence-corrected chi connectivity index (χ1v) is 10.9. The standard InChI is InChI=1S/C20H23N7O2S/c1-2-14-11-15-19(21-13-22-20(15)30-14)26-9-7-25(8-10-26)18(28)12-29-27-17-6-4-3-5-16(17)23-24-27/h3-6,11,22H,2,7-10,12-13H2,1H3. The summed E-state index contributed by atoms with van der Waals surface area (Å²) in [5.41, 5.74) is 2.67. The second-order valence-electron chi connectivity index (χ2n) is 7.22. The molecule has 2 aromatic heterocycles. The number of thiophene rings is 1. The van der Waals surface area contributed by atoms with Crippen LogP contribution >= 0.6 is 11.3 Å². The maximum atomic E-state index is 12.6. The molecule has 2 aliphatic heterocycles. The monoisotopic (exact) mass is 425 g/mol. The molecule has 0 atom stereocenters. The predicted molar refractivity (Wildman–Crippen MR) is 116 cm³/mol. The van der Waals surface area contributed by atoms with Gasteiger partial charge in [-0.3, -0.25) is 4.79 Å². The Morgan fingerprint density at radius 3 is 2.90 bits per heavy atom. The van der Waals surface area contributed by atoms with Gasteiger partial charge >= 0.3 is 0 Å². The second-order valence-corrected chi connectivity index (χ2v) is 8.35. The number of hydrogen-bond acceptors (Lipinski definition) is 8. The van der Waals surface area contributed by atoms with E-state index in [0.717, 1.165) is 36.4 Å². The zero-order chi connectivity index (χ0) is 20.5. The van der Waals surface area contributed by atoms with Gasteiger partial charge in [-0.05, 0) is 29.8 Å². The van der Waals surface area contributed by atoms with Crippen molar-refractivity contribution in [2.45, 2.75) is 13.3 Å². The van der Waals surface area contributed by atoms with Crippen LogP contribution in [0.3, 0.4) is 0 Å². The fourth-order valence-electron chi connectivity index (χ4n) is 3.77. The first-order chi connectivity index (χ1) is 14.7. The van der Waals surface area contributed by atoms with Crippen LogP contribution in [-0.4, -0.2) is 76.2 Å². The lowest BCUT2D eigenvalue weighted by Gasteiger charge is -2.37. The first kappa shape index (κ1) is 18.9. The normalized spacial score (nSPS) is 16.2. The van der Waals surface area contributed by atoms with Gasteiger partial charge in [-0.25, -0.2) is 4.99 Å². The molecule has 156 valence electrons. The summed E-state index contributed by atoms with van der Waals surface area (Å²) in [7, 11) is 0. The number of aromatic nitrogens is 3. The molecule has 3 aromatic rings. The summed E-state index contributed by atoms with van der Waals surface area (Å²) >= 11 is 1.80. The van der Waals surface area contributed by atoms with Crippen LogP contribution in [0.4, 0.5) is 5.00 Å². The van der Waals surface area contributed by atoms with Crippen molar-refractivity contribution in [1.29, 1.82) is 0 Å². The van der Waals surface area contributed by atoms with E-state index in [-0.39, 0.29) is 12.5 Å². The van der Waals surface area contributed by atoms with Gasteiger partial charge in [-0.2, -0.15) is 0 Å². The molecule has 10 heteroatoms. The number of aliphatic imine (C=N–C) groups is 1. The van der Waals surface area contributed by atoms with Crippen LogP contribution in [0.2, 0.25) is 0 Å². The lowest BCUT2D eigenvalue weighted by Crippen LogP contribution is -2.52. The van der Waals surface area contributed by atoms with Gasteiger partial charge in [0.05, 0.1) is 5.56 Å². The number of para-hydroxylation sites is 1. The molecule has 4 heterocycles. The Morgan fingerprint density at radius 2 is 2.07 bits per heavy atom. The molecule has 5 rings (SSSR count). The number of benzene rings is 1. The van der Waals surface area contributed by atoms with E-state index in [1.807, 2.05) is 29.2 Å². The van der Waals surface area contributed by atoms with E-state index >= 15 is 0 Å². The van der Waals surface area contributed by atoms with Crippen LogP contribution in [0, 0.1) is 0 Å². The lowest BCUT2D eigenvalue weighted by molar-refractivity contribution is -0.138. The van der Waals surface area contributed by atoms with E-state index in [4.69, 9.17) is 9.83 Å². The van der Waals surface area contributed by atoms with Crippen LogP contribution in [0.5, 0.6) is 0 Å². The molecular weight excluding hydrogens is 402 g/mol. The number of amidine groups is 1. The van der Waals surface area contributed by atoms with Crippen LogP contribution < -0.4 is 10.2 Å². The number of carbonyl (C=O) groups excluding carboxylic acids is 1. The van der Waals surface area contributed by atoms with Gasteiger partial charge in [0.15, 0.2) is 6.61 Å². The minimum Gasteiger partial charge on any atom is -0.385 e. The molecule has 1 aromatic carbocycles. The molecule has 9 nitrogen and oxygen atoms in total. The highest BCUT2D eigenvalue weighted by atomic mass is 32.1. The quantitative estimate of drug-likeness (QED) is 0.681. The van der Waals surface area contributed by atoms with Crippen molar-refractivity contribution in [3.05, 3.63) is 40.8 Å². The number of amides is 1. The van der Waals surface area contributed by atoms with Crippen LogP contribution in [0.1, 0.15) is 17.4 Å². The zero-order valence-corrected chi connectivity index (χ0v) is 17.6. The fraction of sp³-hybridized carbons (Fsp3) is 0.400. The average molecular weight is 426 g/mol. The Hall–Kier alpha value is -3.14. The predicted octanol–water partition coefficient (Wildman–Crippen LogP) is 1.46. The highest BCUT2D eigenvalue weighted by Gasteiger charge is 2.27. The Bertz CT molecular complexity index is 1100. The van der Waals surface area contributed by atoms with E-state index in [9.17, 15) is 4.79 Å². The van der Waals surface area contributed by atoms with Gasteiger partial charge in [-0.15, -0.1) is 16.4 Å². The van der Waals surface area contributed by atoms with Crippen LogP contribution in [0.25, 0.3) is 11.0 Å². The Kier molecular flexibility index (Phi) is 4.99. The van der Waals surface area contributed by atoms with Crippen molar-refractivity contribution in [2.24, 2.45) is 4.99 Å². The maximum Gasteiger partial charge on any atom is 0.263 e. The Labute approximate surface area is 177 Å². The summed E-state index contributed by atoms with van der Waals surface area (Å²) in [5.74, 6) is 0.989. The molecular formula is C20H23N7O2S. The van der Waals surface area contributed by atoms with Gasteiger partial charge in [0, 0.05) is 31.1 Å². The van der Waals surface area contributed by atoms with E-state index < -0.39 is 0 Å². The molecule has 1 N–H and O–H groups in total. The highest BCUT2D eigenvalue weighted by molar-refractivity contribution is 7.16. The van der Waals surface area contributed by atoms with Gasteiger partial charge in [0.2, 0.25) is 0 Å². The van der Waals surface area contributed by atoms with Gasteiger partial charge in [0.25, 0.3) is 5.91 Å². The SMILES string of the molecule is CCc1cc2c(s1)NCN=C2N1CCN(C(=O)COn2nnc3ccccc32)CC1. The summed E-state index contributed by atoms with van der Waals surface area (Å²) in [4.78, 5) is 29.7. The molecule has 2 aliphatic rings. The largest absolute Gasteiger partial charge is 0.385 e. The number of hydrogen-bond donors (Lipinski definition) is 1. The van der Waals surface area contributed by atoms with E-state index in [0.29, 0.717) is 19.8 Å². The van der Waals surface area contributed by atoms with E-state index in [1.54, 1.807) is 11.3 Å². The summed E-state index contributed by atoms with van der Waals surface area (Å²) in [6.07, 6.45) is 1.02. The third-order valence-corrected chi connectivity index (χ3v) is 6.64. The number of aryl methyl sites for hydroxylation is 1.